The van der Waals surface area contributed by atoms with Crippen LogP contribution in [0.15, 0.2) is 24.3 Å². The zero-order chi connectivity index (χ0) is 10.6. The van der Waals surface area contributed by atoms with E-state index in [1.54, 1.807) is 24.3 Å². The topological polar surface area (TPSA) is 33.9 Å². The van der Waals surface area contributed by atoms with E-state index in [0.717, 1.165) is 5.06 Å². The fourth-order valence-electron chi connectivity index (χ4n) is 0.943. The van der Waals surface area contributed by atoms with Crippen molar-refractivity contribution >= 4 is 11.6 Å². The van der Waals surface area contributed by atoms with Gasteiger partial charge in [0.15, 0.2) is 5.69 Å². The van der Waals surface area contributed by atoms with E-state index in [0.29, 0.717) is 11.3 Å². The highest BCUT2D eigenvalue weighted by Crippen LogP contribution is 2.13. The predicted molar refractivity (Wildman–Crippen MR) is 51.8 cm³/mol. The van der Waals surface area contributed by atoms with Gasteiger partial charge >= 0.3 is 0 Å². The summed E-state index contributed by atoms with van der Waals surface area (Å²) < 4.78 is 0. The Bertz CT molecular complexity index is 365. The van der Waals surface area contributed by atoms with Gasteiger partial charge in [0.2, 0.25) is 0 Å². The maximum atomic E-state index is 11.5. The highest BCUT2D eigenvalue weighted by Gasteiger charge is 2.10. The molecule has 0 heterocycles. The van der Waals surface area contributed by atoms with Gasteiger partial charge in [-0.3, -0.25) is 9.63 Å². The SMILES string of the molecule is [C-]#[N+]c1ccc(C(=O)N(C)OC)cc1. The molecule has 0 radical (unpaired) electrons. The number of hydroxylamine groups is 2. The number of rotatable bonds is 2. The summed E-state index contributed by atoms with van der Waals surface area (Å²) in [5.41, 5.74) is 1.02. The first-order valence-electron chi connectivity index (χ1n) is 3.98. The molecule has 0 atom stereocenters. The van der Waals surface area contributed by atoms with Crippen LogP contribution < -0.4 is 0 Å². The molecule has 1 amide bonds. The van der Waals surface area contributed by atoms with Gasteiger partial charge in [-0.2, -0.15) is 0 Å². The zero-order valence-corrected chi connectivity index (χ0v) is 8.02. The molecule has 0 fully saturated rings. The predicted octanol–water partition coefficient (Wildman–Crippen LogP) is 1.87. The van der Waals surface area contributed by atoms with Gasteiger partial charge < -0.3 is 0 Å². The number of nitrogens with zero attached hydrogens (tertiary/aromatic N) is 2. The molecule has 0 aromatic heterocycles. The number of benzene rings is 1. The first-order valence-corrected chi connectivity index (χ1v) is 3.98. The van der Waals surface area contributed by atoms with Crippen LogP contribution in [-0.2, 0) is 4.84 Å². The Morgan fingerprint density at radius 1 is 1.43 bits per heavy atom. The minimum Gasteiger partial charge on any atom is -0.274 e. The lowest BCUT2D eigenvalue weighted by Gasteiger charge is -2.13. The lowest BCUT2D eigenvalue weighted by atomic mass is 10.2. The molecular formula is C10H10N2O2. The lowest BCUT2D eigenvalue weighted by Crippen LogP contribution is -2.25. The fraction of sp³-hybridized carbons (Fsp3) is 0.200. The summed E-state index contributed by atoms with van der Waals surface area (Å²) in [5.74, 6) is -0.232. The summed E-state index contributed by atoms with van der Waals surface area (Å²) in [5, 5.41) is 1.13. The van der Waals surface area contributed by atoms with Crippen molar-refractivity contribution in [2.75, 3.05) is 14.2 Å². The average molecular weight is 190 g/mol. The van der Waals surface area contributed by atoms with E-state index in [-0.39, 0.29) is 5.91 Å². The van der Waals surface area contributed by atoms with Crippen molar-refractivity contribution < 1.29 is 9.63 Å². The van der Waals surface area contributed by atoms with Gasteiger partial charge in [-0.15, -0.1) is 0 Å². The van der Waals surface area contributed by atoms with Gasteiger partial charge in [-0.05, 0) is 0 Å². The van der Waals surface area contributed by atoms with E-state index in [1.807, 2.05) is 0 Å². The third-order valence-corrected chi connectivity index (χ3v) is 1.80. The van der Waals surface area contributed by atoms with Gasteiger partial charge in [0, 0.05) is 12.6 Å². The Kier molecular flexibility index (Phi) is 3.21. The van der Waals surface area contributed by atoms with E-state index in [2.05, 4.69) is 4.85 Å². The van der Waals surface area contributed by atoms with Gasteiger partial charge in [0.05, 0.1) is 13.7 Å². The summed E-state index contributed by atoms with van der Waals surface area (Å²) in [6, 6.07) is 6.41. The second kappa shape index (κ2) is 4.40. The Morgan fingerprint density at radius 2 is 2.00 bits per heavy atom. The largest absolute Gasteiger partial charge is 0.277 e. The van der Waals surface area contributed by atoms with Crippen LogP contribution >= 0.6 is 0 Å². The van der Waals surface area contributed by atoms with Crippen LogP contribution in [0.25, 0.3) is 4.85 Å². The van der Waals surface area contributed by atoms with Crippen LogP contribution in [0.4, 0.5) is 5.69 Å². The van der Waals surface area contributed by atoms with Crippen molar-refractivity contribution in [3.8, 4) is 0 Å². The normalized spacial score (nSPS) is 9.21. The van der Waals surface area contributed by atoms with Gasteiger partial charge in [0.1, 0.15) is 0 Å². The quantitative estimate of drug-likeness (QED) is 0.527. The summed E-state index contributed by atoms with van der Waals surface area (Å²) in [6.45, 7) is 6.75. The van der Waals surface area contributed by atoms with Crippen molar-refractivity contribution in [3.63, 3.8) is 0 Å². The summed E-state index contributed by atoms with van der Waals surface area (Å²) in [6.07, 6.45) is 0. The van der Waals surface area contributed by atoms with Crippen LogP contribution in [0.2, 0.25) is 0 Å². The fourth-order valence-corrected chi connectivity index (χ4v) is 0.943. The number of hydrogen-bond donors (Lipinski definition) is 0. The van der Waals surface area contributed by atoms with Crippen molar-refractivity contribution in [1.29, 1.82) is 0 Å². The van der Waals surface area contributed by atoms with Gasteiger partial charge in [0.25, 0.3) is 5.91 Å². The molecule has 0 aliphatic carbocycles. The second-order valence-corrected chi connectivity index (χ2v) is 2.64. The van der Waals surface area contributed by atoms with Gasteiger partial charge in [-0.25, -0.2) is 9.91 Å². The molecule has 4 nitrogen and oxygen atoms in total. The number of carbonyl (C=O) groups is 1. The smallest absolute Gasteiger partial charge is 0.274 e. The van der Waals surface area contributed by atoms with E-state index in [4.69, 9.17) is 11.4 Å². The van der Waals surface area contributed by atoms with E-state index in [1.165, 1.54) is 14.2 Å². The molecule has 1 rings (SSSR count). The molecular weight excluding hydrogens is 180 g/mol. The van der Waals surface area contributed by atoms with Crippen molar-refractivity contribution in [1.82, 2.24) is 5.06 Å². The molecule has 0 bridgehead atoms. The molecule has 72 valence electrons. The van der Waals surface area contributed by atoms with Crippen LogP contribution in [-0.4, -0.2) is 25.1 Å². The van der Waals surface area contributed by atoms with Crippen molar-refractivity contribution in [2.24, 2.45) is 0 Å². The maximum Gasteiger partial charge on any atom is 0.277 e. The first-order chi connectivity index (χ1) is 6.69. The van der Waals surface area contributed by atoms with Crippen LogP contribution in [0.3, 0.4) is 0 Å². The second-order valence-electron chi connectivity index (χ2n) is 2.64. The Balaban J connectivity index is 2.88. The minimum absolute atomic E-state index is 0.232. The molecule has 0 N–H and O–H groups in total. The third kappa shape index (κ3) is 2.09. The first kappa shape index (κ1) is 10.2. The molecule has 0 aliphatic rings. The maximum absolute atomic E-state index is 11.5. The zero-order valence-electron chi connectivity index (χ0n) is 8.02. The molecule has 14 heavy (non-hydrogen) atoms. The molecule has 0 aliphatic heterocycles. The average Bonchev–Trinajstić information content (AvgIpc) is 2.27. The molecule has 0 unspecified atom stereocenters. The molecule has 0 spiro atoms. The van der Waals surface area contributed by atoms with E-state index >= 15 is 0 Å². The number of carbonyl (C=O) groups excluding carboxylic acids is 1. The van der Waals surface area contributed by atoms with Crippen LogP contribution in [0.5, 0.6) is 0 Å². The van der Waals surface area contributed by atoms with Crippen molar-refractivity contribution in [2.45, 2.75) is 0 Å². The minimum atomic E-state index is -0.232. The molecule has 1 aromatic carbocycles. The van der Waals surface area contributed by atoms with Gasteiger partial charge in [-0.1, -0.05) is 24.3 Å². The summed E-state index contributed by atoms with van der Waals surface area (Å²) in [7, 11) is 2.95. The standard InChI is InChI=1S/C10H10N2O2/c1-11-9-6-4-8(5-7-9)10(13)12(2)14-3/h4-7H,2-3H3. The van der Waals surface area contributed by atoms with Crippen LogP contribution in [0, 0.1) is 6.57 Å². The third-order valence-electron chi connectivity index (χ3n) is 1.80. The number of hydrogen-bond acceptors (Lipinski definition) is 2. The summed E-state index contributed by atoms with van der Waals surface area (Å²) in [4.78, 5) is 19.5. The Labute approximate surface area is 82.5 Å². The molecule has 0 saturated carbocycles. The lowest BCUT2D eigenvalue weighted by molar-refractivity contribution is -0.0756. The monoisotopic (exact) mass is 190 g/mol. The summed E-state index contributed by atoms with van der Waals surface area (Å²) >= 11 is 0. The Hall–Kier alpha value is -1.86. The van der Waals surface area contributed by atoms with Crippen molar-refractivity contribution in [3.05, 3.63) is 41.2 Å². The van der Waals surface area contributed by atoms with Crippen LogP contribution in [0.1, 0.15) is 10.4 Å². The highest BCUT2D eigenvalue weighted by atomic mass is 16.7. The van der Waals surface area contributed by atoms with E-state index in [9.17, 15) is 4.79 Å². The number of amides is 1. The molecule has 1 aromatic rings. The Morgan fingerprint density at radius 3 is 2.43 bits per heavy atom. The van der Waals surface area contributed by atoms with E-state index < -0.39 is 0 Å². The molecule has 4 heteroatoms. The highest BCUT2D eigenvalue weighted by molar-refractivity contribution is 5.93. The molecule has 0 saturated heterocycles.